The quantitative estimate of drug-likeness (QED) is 0.534. The van der Waals surface area contributed by atoms with Crippen molar-refractivity contribution in [3.63, 3.8) is 0 Å². The van der Waals surface area contributed by atoms with Crippen LogP contribution in [0, 0.1) is 0 Å². The molecule has 1 aliphatic carbocycles. The molecule has 4 N–H and O–H groups in total. The molecule has 4 atom stereocenters. The molecule has 168 valence electrons. The summed E-state index contributed by atoms with van der Waals surface area (Å²) in [5.41, 5.74) is 6.03. The van der Waals surface area contributed by atoms with Gasteiger partial charge in [0.1, 0.15) is 0 Å². The fourth-order valence-electron chi connectivity index (χ4n) is 4.66. The molecule has 2 heterocycles. The highest BCUT2D eigenvalue weighted by Gasteiger charge is 2.35. The smallest absolute Gasteiger partial charge is 0.335 e. The van der Waals surface area contributed by atoms with Gasteiger partial charge in [-0.3, -0.25) is 4.90 Å². The summed E-state index contributed by atoms with van der Waals surface area (Å²) in [4.78, 5) is 22.1. The molecular formula is C23H30N2O6. The number of aliphatic hydroxyl groups excluding tert-OH is 2. The number of carboxylic acid groups (broad SMARTS) is 2. The van der Waals surface area contributed by atoms with Crippen molar-refractivity contribution in [2.45, 2.75) is 57.4 Å². The molecular weight excluding hydrogens is 400 g/mol. The van der Waals surface area contributed by atoms with Gasteiger partial charge in [0, 0.05) is 42.1 Å². The molecule has 0 bridgehead atoms. The number of aliphatic hydroxyl groups is 2. The number of hydrogen-bond donors (Lipinski definition) is 4. The van der Waals surface area contributed by atoms with E-state index in [1.165, 1.54) is 29.3 Å². The van der Waals surface area contributed by atoms with E-state index >= 15 is 0 Å². The zero-order chi connectivity index (χ0) is 22.9. The molecule has 2 aliphatic rings. The van der Waals surface area contributed by atoms with Crippen LogP contribution in [0.15, 0.2) is 36.0 Å². The molecule has 8 nitrogen and oxygen atoms in total. The SMILES string of the molecule is CCCn1cc2c3c(cccc31)[C@H]1C=C(C)CN(C)[C@@H]1C2.O=C(O)C(O)C(O)C(=O)O. The van der Waals surface area contributed by atoms with Gasteiger partial charge in [-0.2, -0.15) is 0 Å². The Morgan fingerprint density at radius 2 is 1.81 bits per heavy atom. The van der Waals surface area contributed by atoms with Crippen molar-refractivity contribution >= 4 is 22.8 Å². The summed E-state index contributed by atoms with van der Waals surface area (Å²) in [5, 5.41) is 34.1. The Morgan fingerprint density at radius 1 is 1.16 bits per heavy atom. The fraction of sp³-hybridized carbons (Fsp3) is 0.478. The van der Waals surface area contributed by atoms with Gasteiger partial charge in [0.25, 0.3) is 0 Å². The number of aliphatic carboxylic acids is 2. The predicted octanol–water partition coefficient (Wildman–Crippen LogP) is 1.83. The third-order valence-corrected chi connectivity index (χ3v) is 6.02. The summed E-state index contributed by atoms with van der Waals surface area (Å²) in [5.74, 6) is -2.97. The number of aromatic nitrogens is 1. The van der Waals surface area contributed by atoms with Crippen molar-refractivity contribution in [2.24, 2.45) is 0 Å². The fourth-order valence-corrected chi connectivity index (χ4v) is 4.66. The van der Waals surface area contributed by atoms with Crippen LogP contribution in [0.25, 0.3) is 10.9 Å². The second-order valence-electron chi connectivity index (χ2n) is 8.38. The Balaban J connectivity index is 0.000000233. The molecule has 1 aromatic heterocycles. The molecule has 2 aromatic rings. The Kier molecular flexibility index (Phi) is 6.83. The molecule has 31 heavy (non-hydrogen) atoms. The highest BCUT2D eigenvalue weighted by Crippen LogP contribution is 2.42. The highest BCUT2D eigenvalue weighted by molar-refractivity contribution is 5.89. The number of aryl methyl sites for hydroxylation is 1. The highest BCUT2D eigenvalue weighted by atomic mass is 16.4. The summed E-state index contributed by atoms with van der Waals surface area (Å²) in [6, 6.07) is 7.51. The van der Waals surface area contributed by atoms with Crippen molar-refractivity contribution < 1.29 is 30.0 Å². The van der Waals surface area contributed by atoms with Gasteiger partial charge in [-0.25, -0.2) is 9.59 Å². The number of carboxylic acids is 2. The van der Waals surface area contributed by atoms with E-state index in [0.717, 1.165) is 13.1 Å². The van der Waals surface area contributed by atoms with Gasteiger partial charge in [0.05, 0.1) is 0 Å². The molecule has 8 heteroatoms. The van der Waals surface area contributed by atoms with Gasteiger partial charge in [0.15, 0.2) is 12.2 Å². The predicted molar refractivity (Wildman–Crippen MR) is 116 cm³/mol. The van der Waals surface area contributed by atoms with Gasteiger partial charge >= 0.3 is 11.9 Å². The lowest BCUT2D eigenvalue weighted by Gasteiger charge is -2.40. The zero-order valence-corrected chi connectivity index (χ0v) is 18.0. The van der Waals surface area contributed by atoms with E-state index in [1.54, 1.807) is 11.1 Å². The van der Waals surface area contributed by atoms with Crippen LogP contribution in [0.5, 0.6) is 0 Å². The lowest BCUT2D eigenvalue weighted by Crippen LogP contribution is -2.43. The zero-order valence-electron chi connectivity index (χ0n) is 18.0. The Bertz CT molecular complexity index is 993. The second-order valence-corrected chi connectivity index (χ2v) is 8.38. The van der Waals surface area contributed by atoms with Crippen LogP contribution >= 0.6 is 0 Å². The maximum atomic E-state index is 9.77. The number of likely N-dealkylation sites (N-methyl/N-ethyl adjacent to an activating group) is 1. The van der Waals surface area contributed by atoms with Gasteiger partial charge < -0.3 is 25.0 Å². The first kappa shape index (κ1) is 23.0. The van der Waals surface area contributed by atoms with E-state index in [2.05, 4.69) is 60.8 Å². The maximum Gasteiger partial charge on any atom is 0.335 e. The average Bonchev–Trinajstić information content (AvgIpc) is 3.07. The Hall–Kier alpha value is -2.68. The van der Waals surface area contributed by atoms with Gasteiger partial charge in [-0.05, 0) is 44.0 Å². The Labute approximate surface area is 181 Å². The lowest BCUT2D eigenvalue weighted by atomic mass is 9.77. The number of benzene rings is 1. The topological polar surface area (TPSA) is 123 Å². The minimum absolute atomic E-state index is 0.567. The number of fused-ring (bicyclic) bond motifs is 2. The van der Waals surface area contributed by atoms with Crippen LogP contribution in [-0.4, -0.2) is 73.7 Å². The normalized spacial score (nSPS) is 22.0. The molecule has 2 unspecified atom stereocenters. The maximum absolute atomic E-state index is 9.77. The summed E-state index contributed by atoms with van der Waals surface area (Å²) in [7, 11) is 2.28. The standard InChI is InChI=1S/C19H24N2.C4H6O6/c1-4-8-21-12-14-10-18-16(9-13(2)11-20(18)3)15-6-5-7-17(21)19(14)15;5-1(3(7)8)2(6)4(9)10/h5-7,9,12,16,18H,4,8,10-11H2,1-3H3;1-2,5-6H,(H,7,8)(H,9,10)/t16-,18-;/m1./s1. The molecule has 0 saturated carbocycles. The van der Waals surface area contributed by atoms with E-state index in [-0.39, 0.29) is 0 Å². The molecule has 0 saturated heterocycles. The van der Waals surface area contributed by atoms with Gasteiger partial charge in [-0.1, -0.05) is 30.7 Å². The summed E-state index contributed by atoms with van der Waals surface area (Å²) < 4.78 is 2.46. The minimum Gasteiger partial charge on any atom is -0.479 e. The van der Waals surface area contributed by atoms with Crippen LogP contribution in [0.3, 0.4) is 0 Å². The largest absolute Gasteiger partial charge is 0.479 e. The van der Waals surface area contributed by atoms with E-state index in [9.17, 15) is 9.59 Å². The second kappa shape index (κ2) is 9.21. The summed E-state index contributed by atoms with van der Waals surface area (Å²) in [6.07, 6.45) is 2.77. The molecule has 4 rings (SSSR count). The molecule has 1 aromatic carbocycles. The first-order valence-electron chi connectivity index (χ1n) is 10.5. The van der Waals surface area contributed by atoms with Crippen LogP contribution in [0.2, 0.25) is 0 Å². The molecule has 0 radical (unpaired) electrons. The molecule has 0 fully saturated rings. The van der Waals surface area contributed by atoms with Crippen LogP contribution in [-0.2, 0) is 22.6 Å². The van der Waals surface area contributed by atoms with E-state index in [4.69, 9.17) is 20.4 Å². The molecule has 0 amide bonds. The third kappa shape index (κ3) is 4.51. The minimum atomic E-state index is -2.27. The molecule has 0 spiro atoms. The number of hydrogen-bond acceptors (Lipinski definition) is 5. The van der Waals surface area contributed by atoms with E-state index in [1.807, 2.05) is 0 Å². The first-order valence-corrected chi connectivity index (χ1v) is 10.5. The monoisotopic (exact) mass is 430 g/mol. The van der Waals surface area contributed by atoms with E-state index < -0.39 is 24.1 Å². The number of nitrogens with zero attached hydrogens (tertiary/aromatic N) is 2. The van der Waals surface area contributed by atoms with Crippen molar-refractivity contribution in [3.05, 3.63) is 47.2 Å². The van der Waals surface area contributed by atoms with E-state index in [0.29, 0.717) is 12.0 Å². The lowest BCUT2D eigenvalue weighted by molar-refractivity contribution is -0.165. The average molecular weight is 431 g/mol. The first-order chi connectivity index (χ1) is 14.6. The van der Waals surface area contributed by atoms with Crippen LogP contribution in [0.1, 0.15) is 37.3 Å². The van der Waals surface area contributed by atoms with Crippen LogP contribution in [0.4, 0.5) is 0 Å². The van der Waals surface area contributed by atoms with Crippen molar-refractivity contribution in [1.82, 2.24) is 9.47 Å². The van der Waals surface area contributed by atoms with Gasteiger partial charge in [0.2, 0.25) is 0 Å². The van der Waals surface area contributed by atoms with Gasteiger partial charge in [-0.15, -0.1) is 0 Å². The number of carbonyl (C=O) groups is 2. The van der Waals surface area contributed by atoms with Crippen LogP contribution < -0.4 is 0 Å². The summed E-state index contributed by atoms with van der Waals surface area (Å²) in [6.45, 7) is 6.77. The number of rotatable bonds is 5. The van der Waals surface area contributed by atoms with Crippen molar-refractivity contribution in [3.8, 4) is 0 Å². The molecule has 1 aliphatic heterocycles. The van der Waals surface area contributed by atoms with Crippen molar-refractivity contribution in [2.75, 3.05) is 13.6 Å². The Morgan fingerprint density at radius 3 is 2.39 bits per heavy atom. The van der Waals surface area contributed by atoms with Crippen molar-refractivity contribution in [1.29, 1.82) is 0 Å². The third-order valence-electron chi connectivity index (χ3n) is 6.02. The summed E-state index contributed by atoms with van der Waals surface area (Å²) >= 11 is 0.